The van der Waals surface area contributed by atoms with Crippen LogP contribution in [0.4, 0.5) is 0 Å². The summed E-state index contributed by atoms with van der Waals surface area (Å²) >= 11 is 6.91. The lowest BCUT2D eigenvalue weighted by molar-refractivity contribution is -0.137. The highest BCUT2D eigenvalue weighted by atomic mass is 35.5. The van der Waals surface area contributed by atoms with Crippen LogP contribution in [-0.2, 0) is 4.79 Å². The first-order chi connectivity index (χ1) is 7.90. The van der Waals surface area contributed by atoms with Gasteiger partial charge in [-0.3, -0.25) is 9.59 Å². The van der Waals surface area contributed by atoms with Crippen LogP contribution in [0.1, 0.15) is 23.5 Å². The van der Waals surface area contributed by atoms with Gasteiger partial charge in [0.2, 0.25) is 0 Å². The SMILES string of the molecule is CC(C)CN(CC(=O)O)C(=O)c1ccc(Cl)s1. The van der Waals surface area contributed by atoms with Crippen molar-refractivity contribution in [1.29, 1.82) is 0 Å². The Labute approximate surface area is 109 Å². The largest absolute Gasteiger partial charge is 0.480 e. The third-order valence-corrected chi connectivity index (χ3v) is 3.20. The van der Waals surface area contributed by atoms with Crippen molar-refractivity contribution in [3.8, 4) is 0 Å². The highest BCUT2D eigenvalue weighted by Gasteiger charge is 2.20. The second kappa shape index (κ2) is 6.02. The van der Waals surface area contributed by atoms with Crippen molar-refractivity contribution < 1.29 is 14.7 Å². The van der Waals surface area contributed by atoms with Crippen molar-refractivity contribution >= 4 is 34.8 Å². The van der Waals surface area contributed by atoms with E-state index in [1.807, 2.05) is 13.8 Å². The van der Waals surface area contributed by atoms with E-state index < -0.39 is 5.97 Å². The molecule has 94 valence electrons. The van der Waals surface area contributed by atoms with Crippen molar-refractivity contribution in [2.45, 2.75) is 13.8 Å². The molecule has 0 bridgehead atoms. The summed E-state index contributed by atoms with van der Waals surface area (Å²) < 4.78 is 0.521. The second-order valence-electron chi connectivity index (χ2n) is 4.08. The van der Waals surface area contributed by atoms with Gasteiger partial charge in [0, 0.05) is 6.54 Å². The summed E-state index contributed by atoms with van der Waals surface area (Å²) in [5.41, 5.74) is 0. The number of nitrogens with zero attached hydrogens (tertiary/aromatic N) is 1. The molecule has 1 N–H and O–H groups in total. The average molecular weight is 276 g/mol. The molecule has 1 aromatic rings. The lowest BCUT2D eigenvalue weighted by Gasteiger charge is -2.21. The number of carbonyl (C=O) groups is 2. The summed E-state index contributed by atoms with van der Waals surface area (Å²) in [5, 5.41) is 8.78. The van der Waals surface area contributed by atoms with Crippen molar-refractivity contribution in [1.82, 2.24) is 4.90 Å². The molecule has 0 fully saturated rings. The normalized spacial score (nSPS) is 10.6. The van der Waals surface area contributed by atoms with E-state index in [4.69, 9.17) is 16.7 Å². The van der Waals surface area contributed by atoms with Crippen molar-refractivity contribution in [2.75, 3.05) is 13.1 Å². The number of carboxylic acids is 1. The Kier molecular flexibility index (Phi) is 4.96. The molecule has 0 aliphatic heterocycles. The van der Waals surface area contributed by atoms with Crippen LogP contribution in [0.25, 0.3) is 0 Å². The molecule has 1 aromatic heterocycles. The lowest BCUT2D eigenvalue weighted by Crippen LogP contribution is -2.37. The highest BCUT2D eigenvalue weighted by molar-refractivity contribution is 7.17. The van der Waals surface area contributed by atoms with Gasteiger partial charge in [-0.2, -0.15) is 0 Å². The molecule has 1 amide bonds. The summed E-state index contributed by atoms with van der Waals surface area (Å²) in [7, 11) is 0. The molecule has 17 heavy (non-hydrogen) atoms. The maximum absolute atomic E-state index is 12.0. The Hall–Kier alpha value is -1.07. The smallest absolute Gasteiger partial charge is 0.323 e. The van der Waals surface area contributed by atoms with Crippen molar-refractivity contribution in [2.24, 2.45) is 5.92 Å². The minimum absolute atomic E-state index is 0.216. The Morgan fingerprint density at radius 3 is 2.53 bits per heavy atom. The van der Waals surface area contributed by atoms with Crippen LogP contribution in [-0.4, -0.2) is 35.0 Å². The molecule has 0 aliphatic rings. The van der Waals surface area contributed by atoms with E-state index >= 15 is 0 Å². The van der Waals surface area contributed by atoms with Crippen LogP contribution >= 0.6 is 22.9 Å². The topological polar surface area (TPSA) is 57.6 Å². The first-order valence-electron chi connectivity index (χ1n) is 5.16. The molecule has 0 unspecified atom stereocenters. The summed E-state index contributed by atoms with van der Waals surface area (Å²) in [6.07, 6.45) is 0. The van der Waals surface area contributed by atoms with E-state index in [0.717, 1.165) is 11.3 Å². The summed E-state index contributed by atoms with van der Waals surface area (Å²) in [6.45, 7) is 4.00. The predicted octanol–water partition coefficient (Wildman–Crippen LogP) is 2.58. The Morgan fingerprint density at radius 2 is 2.12 bits per heavy atom. The summed E-state index contributed by atoms with van der Waals surface area (Å²) in [4.78, 5) is 24.6. The quantitative estimate of drug-likeness (QED) is 0.899. The number of thiophene rings is 1. The molecule has 0 atom stereocenters. The monoisotopic (exact) mass is 275 g/mol. The summed E-state index contributed by atoms with van der Waals surface area (Å²) in [6, 6.07) is 3.25. The molecule has 6 heteroatoms. The van der Waals surface area contributed by atoms with Gasteiger partial charge in [0.1, 0.15) is 6.54 Å². The highest BCUT2D eigenvalue weighted by Crippen LogP contribution is 2.23. The van der Waals surface area contributed by atoms with Crippen LogP contribution in [0.3, 0.4) is 0 Å². The van der Waals surface area contributed by atoms with Gasteiger partial charge in [0.25, 0.3) is 5.91 Å². The van der Waals surface area contributed by atoms with E-state index in [0.29, 0.717) is 15.8 Å². The fourth-order valence-electron chi connectivity index (χ4n) is 1.41. The van der Waals surface area contributed by atoms with Gasteiger partial charge in [0.05, 0.1) is 9.21 Å². The minimum Gasteiger partial charge on any atom is -0.480 e. The number of hydrogen-bond donors (Lipinski definition) is 1. The maximum Gasteiger partial charge on any atom is 0.323 e. The van der Waals surface area contributed by atoms with E-state index in [9.17, 15) is 9.59 Å². The van der Waals surface area contributed by atoms with Gasteiger partial charge in [-0.25, -0.2) is 0 Å². The third-order valence-electron chi connectivity index (χ3n) is 1.98. The fraction of sp³-hybridized carbons (Fsp3) is 0.455. The second-order valence-corrected chi connectivity index (χ2v) is 5.79. The Morgan fingerprint density at radius 1 is 1.47 bits per heavy atom. The predicted molar refractivity (Wildman–Crippen MR) is 67.7 cm³/mol. The zero-order valence-electron chi connectivity index (χ0n) is 9.64. The van der Waals surface area contributed by atoms with Gasteiger partial charge >= 0.3 is 5.97 Å². The Balaban J connectivity index is 2.82. The molecular weight excluding hydrogens is 262 g/mol. The van der Waals surface area contributed by atoms with Gasteiger partial charge in [0.15, 0.2) is 0 Å². The van der Waals surface area contributed by atoms with Gasteiger partial charge in [-0.15, -0.1) is 11.3 Å². The van der Waals surface area contributed by atoms with Crippen LogP contribution in [0.15, 0.2) is 12.1 Å². The van der Waals surface area contributed by atoms with Crippen LogP contribution in [0, 0.1) is 5.92 Å². The number of amides is 1. The first-order valence-corrected chi connectivity index (χ1v) is 6.36. The molecule has 1 heterocycles. The van der Waals surface area contributed by atoms with Crippen LogP contribution in [0.2, 0.25) is 4.34 Å². The molecule has 0 saturated carbocycles. The molecule has 0 aromatic carbocycles. The standard InChI is InChI=1S/C11H14ClNO3S/c1-7(2)5-13(6-10(14)15)11(16)8-3-4-9(12)17-8/h3-4,7H,5-6H2,1-2H3,(H,14,15). The zero-order valence-corrected chi connectivity index (χ0v) is 11.2. The minimum atomic E-state index is -1.01. The number of aliphatic carboxylic acids is 1. The third kappa shape index (κ3) is 4.36. The first kappa shape index (κ1) is 14.0. The van der Waals surface area contributed by atoms with E-state index in [-0.39, 0.29) is 18.4 Å². The number of rotatable bonds is 5. The van der Waals surface area contributed by atoms with E-state index in [2.05, 4.69) is 0 Å². The number of carbonyl (C=O) groups excluding carboxylic acids is 1. The van der Waals surface area contributed by atoms with Crippen molar-refractivity contribution in [3.63, 3.8) is 0 Å². The summed E-state index contributed by atoms with van der Waals surface area (Å²) in [5.74, 6) is -1.08. The van der Waals surface area contributed by atoms with Gasteiger partial charge < -0.3 is 10.0 Å². The number of carboxylic acid groups (broad SMARTS) is 1. The molecule has 0 aliphatic carbocycles. The molecule has 0 saturated heterocycles. The molecule has 0 spiro atoms. The number of hydrogen-bond acceptors (Lipinski definition) is 3. The average Bonchev–Trinajstić information content (AvgIpc) is 2.61. The maximum atomic E-state index is 12.0. The lowest BCUT2D eigenvalue weighted by atomic mass is 10.2. The molecular formula is C11H14ClNO3S. The van der Waals surface area contributed by atoms with Crippen LogP contribution < -0.4 is 0 Å². The van der Waals surface area contributed by atoms with E-state index in [1.165, 1.54) is 4.90 Å². The van der Waals surface area contributed by atoms with Gasteiger partial charge in [-0.05, 0) is 18.1 Å². The van der Waals surface area contributed by atoms with E-state index in [1.54, 1.807) is 12.1 Å². The zero-order chi connectivity index (χ0) is 13.0. The molecule has 4 nitrogen and oxygen atoms in total. The fourth-order valence-corrected chi connectivity index (χ4v) is 2.42. The van der Waals surface area contributed by atoms with Gasteiger partial charge in [-0.1, -0.05) is 25.4 Å². The molecule has 0 radical (unpaired) electrons. The van der Waals surface area contributed by atoms with Crippen LogP contribution in [0.5, 0.6) is 0 Å². The van der Waals surface area contributed by atoms with Crippen molar-refractivity contribution in [3.05, 3.63) is 21.3 Å². The Bertz CT molecular complexity index is 417. The number of halogens is 1. The molecule has 1 rings (SSSR count).